The summed E-state index contributed by atoms with van der Waals surface area (Å²) >= 11 is 10.6. The number of hydrogen-bond acceptors (Lipinski definition) is 3. The Kier molecular flexibility index (Phi) is 5.19. The maximum Gasteiger partial charge on any atom is 0.133 e. The maximum absolute atomic E-state index is 5.33. The minimum Gasteiger partial charge on any atom is -0.346 e. The van der Waals surface area contributed by atoms with Crippen LogP contribution in [0.25, 0.3) is 0 Å². The Bertz CT molecular complexity index is 638. The molecule has 0 fully saturated rings. The molecule has 2 aromatic rings. The SMILES string of the molecule is CCc1c(C)[nH]c(CSc2cccc(Br)c2)nc1=S. The predicted octanol–water partition coefficient (Wildman–Crippen LogP) is 5.06. The number of hydrogen-bond donors (Lipinski definition) is 1. The van der Waals surface area contributed by atoms with Crippen LogP contribution in [0.5, 0.6) is 0 Å². The molecule has 0 aliphatic heterocycles. The van der Waals surface area contributed by atoms with E-state index in [4.69, 9.17) is 12.2 Å². The summed E-state index contributed by atoms with van der Waals surface area (Å²) in [6, 6.07) is 8.26. The molecule has 1 aromatic carbocycles. The van der Waals surface area contributed by atoms with Crippen LogP contribution < -0.4 is 0 Å². The van der Waals surface area contributed by atoms with E-state index in [0.29, 0.717) is 0 Å². The van der Waals surface area contributed by atoms with Crippen LogP contribution in [0, 0.1) is 11.6 Å². The molecular weight excluding hydrogens is 340 g/mol. The van der Waals surface area contributed by atoms with Crippen molar-refractivity contribution in [2.24, 2.45) is 0 Å². The number of nitrogens with zero attached hydrogens (tertiary/aromatic N) is 1. The first-order chi connectivity index (χ1) is 9.10. The van der Waals surface area contributed by atoms with Gasteiger partial charge in [-0.25, -0.2) is 4.98 Å². The molecule has 5 heteroatoms. The number of halogens is 1. The summed E-state index contributed by atoms with van der Waals surface area (Å²) in [4.78, 5) is 9.03. The molecule has 0 atom stereocenters. The van der Waals surface area contributed by atoms with Crippen molar-refractivity contribution in [1.82, 2.24) is 9.97 Å². The van der Waals surface area contributed by atoms with Gasteiger partial charge in [-0.1, -0.05) is 41.1 Å². The summed E-state index contributed by atoms with van der Waals surface area (Å²) < 4.78 is 1.82. The van der Waals surface area contributed by atoms with Gasteiger partial charge >= 0.3 is 0 Å². The number of aromatic amines is 1. The first kappa shape index (κ1) is 14.8. The number of aryl methyl sites for hydroxylation is 1. The summed E-state index contributed by atoms with van der Waals surface area (Å²) in [5.41, 5.74) is 2.28. The molecular formula is C14H15BrN2S2. The van der Waals surface area contributed by atoms with E-state index in [0.717, 1.165) is 38.4 Å². The second-order valence-electron chi connectivity index (χ2n) is 4.19. The standard InChI is InChI=1S/C14H15BrN2S2/c1-3-12-9(2)16-13(17-14(12)18)8-19-11-6-4-5-10(15)7-11/h4-7H,3,8H2,1-2H3,(H,16,17,18). The van der Waals surface area contributed by atoms with Gasteiger partial charge in [0.1, 0.15) is 10.5 Å². The van der Waals surface area contributed by atoms with E-state index in [1.54, 1.807) is 11.8 Å². The molecule has 0 amide bonds. The molecule has 1 N–H and O–H groups in total. The van der Waals surface area contributed by atoms with Crippen molar-refractivity contribution in [2.75, 3.05) is 0 Å². The number of thioether (sulfide) groups is 1. The number of aromatic nitrogens is 2. The van der Waals surface area contributed by atoms with E-state index in [1.807, 2.05) is 12.1 Å². The van der Waals surface area contributed by atoms with Crippen molar-refractivity contribution in [3.8, 4) is 0 Å². The third-order valence-electron chi connectivity index (χ3n) is 2.80. The first-order valence-electron chi connectivity index (χ1n) is 6.07. The summed E-state index contributed by atoms with van der Waals surface area (Å²) in [6.07, 6.45) is 0.924. The average Bonchev–Trinajstić information content (AvgIpc) is 2.36. The maximum atomic E-state index is 5.33. The van der Waals surface area contributed by atoms with Gasteiger partial charge in [0, 0.05) is 20.6 Å². The lowest BCUT2D eigenvalue weighted by Crippen LogP contribution is -2.01. The van der Waals surface area contributed by atoms with Crippen LogP contribution in [0.2, 0.25) is 0 Å². The van der Waals surface area contributed by atoms with Gasteiger partial charge in [0.15, 0.2) is 0 Å². The molecule has 0 radical (unpaired) electrons. The normalized spacial score (nSPS) is 10.7. The lowest BCUT2D eigenvalue weighted by molar-refractivity contribution is 0.927. The van der Waals surface area contributed by atoms with Crippen LogP contribution in [0.3, 0.4) is 0 Å². The van der Waals surface area contributed by atoms with Crippen LogP contribution in [-0.2, 0) is 12.2 Å². The van der Waals surface area contributed by atoms with Gasteiger partial charge in [0.25, 0.3) is 0 Å². The average molecular weight is 355 g/mol. The Labute approximate surface area is 131 Å². The Hall–Kier alpha value is -0.650. The van der Waals surface area contributed by atoms with Crippen LogP contribution in [0.4, 0.5) is 0 Å². The highest BCUT2D eigenvalue weighted by Gasteiger charge is 2.04. The second-order valence-corrected chi connectivity index (χ2v) is 6.54. The fraction of sp³-hybridized carbons (Fsp3) is 0.286. The molecule has 0 saturated carbocycles. The first-order valence-corrected chi connectivity index (χ1v) is 8.26. The van der Waals surface area contributed by atoms with E-state index in [-0.39, 0.29) is 0 Å². The quantitative estimate of drug-likeness (QED) is 0.614. The van der Waals surface area contributed by atoms with E-state index in [1.165, 1.54) is 4.90 Å². The van der Waals surface area contributed by atoms with Crippen molar-refractivity contribution in [3.63, 3.8) is 0 Å². The molecule has 100 valence electrons. The highest BCUT2D eigenvalue weighted by Crippen LogP contribution is 2.24. The summed E-state index contributed by atoms with van der Waals surface area (Å²) in [5.74, 6) is 1.73. The van der Waals surface area contributed by atoms with E-state index in [9.17, 15) is 0 Å². The van der Waals surface area contributed by atoms with E-state index >= 15 is 0 Å². The lowest BCUT2D eigenvalue weighted by Gasteiger charge is -2.07. The fourth-order valence-electron chi connectivity index (χ4n) is 1.86. The number of rotatable bonds is 4. The summed E-state index contributed by atoms with van der Waals surface area (Å²) in [5, 5.41) is 0. The third kappa shape index (κ3) is 3.91. The zero-order chi connectivity index (χ0) is 13.8. The smallest absolute Gasteiger partial charge is 0.133 e. The van der Waals surface area contributed by atoms with Gasteiger partial charge in [0.05, 0.1) is 5.75 Å². The fourth-order valence-corrected chi connectivity index (χ4v) is 3.65. The molecule has 0 aliphatic carbocycles. The van der Waals surface area contributed by atoms with Crippen molar-refractivity contribution in [1.29, 1.82) is 0 Å². The third-order valence-corrected chi connectivity index (χ3v) is 4.64. The Balaban J connectivity index is 2.14. The molecule has 1 heterocycles. The Morgan fingerprint density at radius 3 is 2.84 bits per heavy atom. The Morgan fingerprint density at radius 1 is 1.42 bits per heavy atom. The number of H-pyrrole nitrogens is 1. The van der Waals surface area contributed by atoms with Crippen molar-refractivity contribution in [3.05, 3.63) is 50.5 Å². The van der Waals surface area contributed by atoms with Gasteiger partial charge in [-0.3, -0.25) is 0 Å². The van der Waals surface area contributed by atoms with Crippen LogP contribution in [0.1, 0.15) is 24.0 Å². The monoisotopic (exact) mass is 354 g/mol. The summed E-state index contributed by atoms with van der Waals surface area (Å²) in [7, 11) is 0. The van der Waals surface area contributed by atoms with E-state index < -0.39 is 0 Å². The second kappa shape index (κ2) is 6.68. The summed E-state index contributed by atoms with van der Waals surface area (Å²) in [6.45, 7) is 4.16. The zero-order valence-corrected chi connectivity index (χ0v) is 14.1. The number of nitrogens with one attached hydrogen (secondary N) is 1. The highest BCUT2D eigenvalue weighted by atomic mass is 79.9. The van der Waals surface area contributed by atoms with Gasteiger partial charge in [-0.15, -0.1) is 11.8 Å². The zero-order valence-electron chi connectivity index (χ0n) is 10.9. The predicted molar refractivity (Wildman–Crippen MR) is 87.2 cm³/mol. The molecule has 0 bridgehead atoms. The molecule has 0 unspecified atom stereocenters. The minimum absolute atomic E-state index is 0.726. The molecule has 1 aromatic heterocycles. The van der Waals surface area contributed by atoms with E-state index in [2.05, 4.69) is 51.9 Å². The molecule has 2 nitrogen and oxygen atoms in total. The van der Waals surface area contributed by atoms with Crippen LogP contribution in [-0.4, -0.2) is 9.97 Å². The van der Waals surface area contributed by atoms with Gasteiger partial charge in [-0.2, -0.15) is 0 Å². The lowest BCUT2D eigenvalue weighted by atomic mass is 10.2. The number of benzene rings is 1. The molecule has 0 spiro atoms. The largest absolute Gasteiger partial charge is 0.346 e. The van der Waals surface area contributed by atoms with Gasteiger partial charge < -0.3 is 4.98 Å². The van der Waals surface area contributed by atoms with Crippen LogP contribution in [0.15, 0.2) is 33.6 Å². The van der Waals surface area contributed by atoms with Crippen molar-refractivity contribution in [2.45, 2.75) is 30.9 Å². The van der Waals surface area contributed by atoms with Crippen LogP contribution >= 0.6 is 39.9 Å². The Morgan fingerprint density at radius 2 is 2.21 bits per heavy atom. The van der Waals surface area contributed by atoms with Gasteiger partial charge in [-0.05, 0) is 31.5 Å². The van der Waals surface area contributed by atoms with Crippen molar-refractivity contribution < 1.29 is 0 Å². The highest BCUT2D eigenvalue weighted by molar-refractivity contribution is 9.10. The molecule has 0 aliphatic rings. The van der Waals surface area contributed by atoms with Crippen molar-refractivity contribution >= 4 is 39.9 Å². The minimum atomic E-state index is 0.726. The molecule has 2 rings (SSSR count). The molecule has 19 heavy (non-hydrogen) atoms. The van der Waals surface area contributed by atoms with Gasteiger partial charge in [0.2, 0.25) is 0 Å². The topological polar surface area (TPSA) is 28.7 Å². The molecule has 0 saturated heterocycles.